The Kier molecular flexibility index (Phi) is 12.5. The highest BCUT2D eigenvalue weighted by atomic mass is 19.4. The third kappa shape index (κ3) is 7.89. The van der Waals surface area contributed by atoms with Crippen LogP contribution in [0.5, 0.6) is 0 Å². The van der Waals surface area contributed by atoms with Gasteiger partial charge in [-0.2, -0.15) is 39.5 Å². The van der Waals surface area contributed by atoms with Crippen LogP contribution in [0.4, 0.5) is 39.5 Å². The van der Waals surface area contributed by atoms with Crippen LogP contribution in [0.3, 0.4) is 0 Å². The molecule has 4 saturated heterocycles. The Morgan fingerprint density at radius 3 is 1.81 bits per heavy atom. The number of hydrogen-bond acceptors (Lipinski definition) is 12. The second-order valence-electron chi connectivity index (χ2n) is 23.2. The van der Waals surface area contributed by atoms with Crippen molar-refractivity contribution in [1.82, 2.24) is 0 Å². The molecule has 23 unspecified atom stereocenters. The lowest BCUT2D eigenvalue weighted by molar-refractivity contribution is -0.320. The van der Waals surface area contributed by atoms with Gasteiger partial charge in [-0.1, -0.05) is 6.92 Å². The van der Waals surface area contributed by atoms with E-state index in [-0.39, 0.29) is 56.1 Å². The van der Waals surface area contributed by atoms with Crippen LogP contribution >= 0.6 is 0 Å². The monoisotopic (exact) mass is 1010 g/mol. The lowest BCUT2D eigenvalue weighted by atomic mass is 9.62. The van der Waals surface area contributed by atoms with Crippen molar-refractivity contribution in [3.05, 3.63) is 0 Å². The molecule has 12 nitrogen and oxygen atoms in total. The number of halogens is 9. The molecule has 6 saturated carbocycles. The highest BCUT2D eigenvalue weighted by Crippen LogP contribution is 2.64. The first-order valence-corrected chi connectivity index (χ1v) is 25.3. The Labute approximate surface area is 399 Å². The van der Waals surface area contributed by atoms with Crippen LogP contribution in [0.15, 0.2) is 0 Å². The Hall–Kier alpha value is -2.91. The average molecular weight is 1020 g/mol. The topological polar surface area (TPSA) is 142 Å². The summed E-state index contributed by atoms with van der Waals surface area (Å²) in [5.41, 5.74) is -9.71. The van der Waals surface area contributed by atoms with Crippen molar-refractivity contribution in [3.63, 3.8) is 0 Å². The van der Waals surface area contributed by atoms with Crippen molar-refractivity contribution in [2.45, 2.75) is 185 Å². The fourth-order valence-electron chi connectivity index (χ4n) is 15.9. The van der Waals surface area contributed by atoms with Gasteiger partial charge in [-0.3, -0.25) is 19.2 Å². The molecule has 10 rings (SSSR count). The summed E-state index contributed by atoms with van der Waals surface area (Å²) in [6.45, 7) is 5.96. The van der Waals surface area contributed by atoms with E-state index < -0.39 is 181 Å². The maximum atomic E-state index is 16.8. The van der Waals surface area contributed by atoms with Crippen LogP contribution in [0.2, 0.25) is 0 Å². The van der Waals surface area contributed by atoms with Gasteiger partial charge in [-0.15, -0.1) is 0 Å². The van der Waals surface area contributed by atoms with Crippen molar-refractivity contribution in [2.75, 3.05) is 13.2 Å². The summed E-state index contributed by atoms with van der Waals surface area (Å²) < 4.78 is 187. The van der Waals surface area contributed by atoms with E-state index in [4.69, 9.17) is 37.9 Å². The molecule has 0 spiro atoms. The fraction of sp³-hybridized carbons (Fsp3) is 0.918. The number of fused-ring (bicyclic) bond motifs is 7. The molecule has 0 amide bonds. The van der Waals surface area contributed by atoms with Gasteiger partial charge in [0.05, 0.1) is 30.1 Å². The Morgan fingerprint density at radius 1 is 0.671 bits per heavy atom. The SMILES string of the molecule is CCOC(C)OC(C)(CC1CC2CC1C1OC(CC(C(=O)OC3C4CC5C(=O)OC3C5C4)(C3CCCOC3CC(C)(C(=O)OC3C4CC5C(=O)OC3C5C4)C(F)(F)F)C(F)(F)F)C(C)CC21)C(F)(F)F. The molecule has 394 valence electrons. The molecule has 23 atom stereocenters. The number of carbonyl (C=O) groups is 4. The second-order valence-corrected chi connectivity index (χ2v) is 23.2. The van der Waals surface area contributed by atoms with Gasteiger partial charge in [0.25, 0.3) is 0 Å². The molecule has 10 aliphatic rings. The summed E-state index contributed by atoms with van der Waals surface area (Å²) in [5.74, 6) is -11.4. The molecule has 0 radical (unpaired) electrons. The molecular weight excluding hydrogens is 952 g/mol. The first-order chi connectivity index (χ1) is 32.7. The van der Waals surface area contributed by atoms with Gasteiger partial charge < -0.3 is 37.9 Å². The highest BCUT2D eigenvalue weighted by molar-refractivity contribution is 5.81. The van der Waals surface area contributed by atoms with Gasteiger partial charge in [0.15, 0.2) is 22.7 Å². The smallest absolute Gasteiger partial charge is 0.417 e. The van der Waals surface area contributed by atoms with Crippen LogP contribution in [-0.4, -0.2) is 110 Å². The van der Waals surface area contributed by atoms with Crippen LogP contribution in [0.1, 0.15) is 112 Å². The zero-order valence-electron chi connectivity index (χ0n) is 39.7. The Balaban J connectivity index is 0.966. The van der Waals surface area contributed by atoms with Crippen molar-refractivity contribution in [1.29, 1.82) is 0 Å². The zero-order valence-corrected chi connectivity index (χ0v) is 39.7. The van der Waals surface area contributed by atoms with Crippen molar-refractivity contribution in [2.24, 2.45) is 81.8 Å². The molecule has 4 heterocycles. The summed E-state index contributed by atoms with van der Waals surface area (Å²) in [7, 11) is 0. The summed E-state index contributed by atoms with van der Waals surface area (Å²) >= 11 is 0. The summed E-state index contributed by atoms with van der Waals surface area (Å²) in [6, 6.07) is 0. The molecular formula is C49H63F9O12. The molecule has 0 aromatic carbocycles. The lowest BCUT2D eigenvalue weighted by Gasteiger charge is -2.51. The Morgan fingerprint density at radius 2 is 1.26 bits per heavy atom. The second kappa shape index (κ2) is 17.3. The molecule has 10 fully saturated rings. The molecule has 70 heavy (non-hydrogen) atoms. The normalized spacial score (nSPS) is 44.3. The van der Waals surface area contributed by atoms with Crippen LogP contribution < -0.4 is 0 Å². The number of ether oxygens (including phenoxy) is 8. The minimum atomic E-state index is -5.54. The van der Waals surface area contributed by atoms with E-state index in [2.05, 4.69) is 0 Å². The Bertz CT molecular complexity index is 2070. The molecule has 0 aromatic rings. The number of esters is 4. The molecule has 6 bridgehead atoms. The average Bonchev–Trinajstić information content (AvgIpc) is 4.14. The van der Waals surface area contributed by atoms with E-state index in [1.807, 2.05) is 0 Å². The predicted octanol–water partition coefficient (Wildman–Crippen LogP) is 8.84. The van der Waals surface area contributed by atoms with Crippen LogP contribution in [0.25, 0.3) is 0 Å². The third-order valence-corrected chi connectivity index (χ3v) is 19.4. The van der Waals surface area contributed by atoms with Crippen molar-refractivity contribution in [3.8, 4) is 0 Å². The summed E-state index contributed by atoms with van der Waals surface area (Å²) in [6.07, 6.45) is -26.7. The summed E-state index contributed by atoms with van der Waals surface area (Å²) in [4.78, 5) is 54.3. The van der Waals surface area contributed by atoms with Gasteiger partial charge in [0, 0.05) is 42.8 Å². The van der Waals surface area contributed by atoms with Crippen molar-refractivity contribution < 1.29 is 96.6 Å². The number of alkyl halides is 9. The fourth-order valence-corrected chi connectivity index (χ4v) is 15.9. The highest BCUT2D eigenvalue weighted by Gasteiger charge is 2.73. The minimum absolute atomic E-state index is 0.101. The van der Waals surface area contributed by atoms with Gasteiger partial charge >= 0.3 is 42.4 Å². The van der Waals surface area contributed by atoms with E-state index in [0.29, 0.717) is 39.0 Å². The van der Waals surface area contributed by atoms with E-state index in [9.17, 15) is 27.6 Å². The van der Waals surface area contributed by atoms with Gasteiger partial charge in [0.1, 0.15) is 24.4 Å². The number of rotatable bonds is 15. The quantitative estimate of drug-likeness (QED) is 0.0670. The van der Waals surface area contributed by atoms with E-state index >= 15 is 31.1 Å². The molecule has 6 aliphatic carbocycles. The van der Waals surface area contributed by atoms with Crippen LogP contribution in [0, 0.1) is 81.8 Å². The van der Waals surface area contributed by atoms with Gasteiger partial charge in [0.2, 0.25) is 0 Å². The largest absolute Gasteiger partial charge is 0.458 e. The molecule has 21 heteroatoms. The first kappa shape index (κ1) is 50.6. The van der Waals surface area contributed by atoms with Gasteiger partial charge in [-0.25, -0.2) is 0 Å². The third-order valence-electron chi connectivity index (χ3n) is 19.4. The maximum absolute atomic E-state index is 16.8. The molecule has 0 N–H and O–H groups in total. The van der Waals surface area contributed by atoms with E-state index in [1.165, 1.54) is 6.92 Å². The zero-order chi connectivity index (χ0) is 50.4. The van der Waals surface area contributed by atoms with E-state index in [0.717, 1.165) is 6.92 Å². The first-order valence-electron chi connectivity index (χ1n) is 25.3. The van der Waals surface area contributed by atoms with Crippen LogP contribution in [-0.2, 0) is 57.1 Å². The van der Waals surface area contributed by atoms with Crippen molar-refractivity contribution >= 4 is 23.9 Å². The predicted molar refractivity (Wildman–Crippen MR) is 220 cm³/mol. The standard InChI is InChI=1S/C49H63F9O12/c1-6-63-21(3)70-45(5,48(53,54)55)17-25-11-22-12-27(25)37-26(22)10-20(2)33(65-37)19-46(49(56,57)58,43(62)69-36-24-14-29-31(16-24)41(60)67-39(29)36)32-8-7-9-64-34(32)18-44(4,47(50,51)52)42(61)68-35-23-13-28-30(15-23)40(59)66-38(28)35/h20-39H,6-19H2,1-5H3. The maximum Gasteiger partial charge on any atom is 0.417 e. The number of carbonyl (C=O) groups excluding carboxylic acids is 4. The van der Waals surface area contributed by atoms with Gasteiger partial charge in [-0.05, 0) is 134 Å². The molecule has 4 aliphatic heterocycles. The van der Waals surface area contributed by atoms with E-state index in [1.54, 1.807) is 13.8 Å². The number of hydrogen-bond donors (Lipinski definition) is 0. The molecule has 0 aromatic heterocycles. The minimum Gasteiger partial charge on any atom is -0.458 e. The lowest BCUT2D eigenvalue weighted by Crippen LogP contribution is -2.61. The summed E-state index contributed by atoms with van der Waals surface area (Å²) in [5, 5.41) is 0.